The van der Waals surface area contributed by atoms with E-state index >= 15 is 0 Å². The average Bonchev–Trinajstić information content (AvgIpc) is 2.19. The molecule has 1 aromatic rings. The van der Waals surface area contributed by atoms with Gasteiger partial charge >= 0.3 is 6.61 Å². The van der Waals surface area contributed by atoms with E-state index in [4.69, 9.17) is 0 Å². The van der Waals surface area contributed by atoms with E-state index in [2.05, 4.69) is 20.7 Å². The van der Waals surface area contributed by atoms with E-state index in [0.29, 0.717) is 6.29 Å². The Hall–Kier alpha value is -1.30. The smallest absolute Gasteiger partial charge is 0.387 e. The molecule has 3 nitrogen and oxygen atoms in total. The molecule has 16 heavy (non-hydrogen) atoms. The zero-order valence-electron chi connectivity index (χ0n) is 8.17. The van der Waals surface area contributed by atoms with Crippen LogP contribution in [-0.2, 0) is 0 Å². The average molecular weight is 293 g/mol. The van der Waals surface area contributed by atoms with Gasteiger partial charge in [0.2, 0.25) is 0 Å². The molecule has 0 radical (unpaired) electrons. The van der Waals surface area contributed by atoms with Crippen LogP contribution in [0.15, 0.2) is 16.6 Å². The third-order valence-electron chi connectivity index (χ3n) is 1.86. The maximum atomic E-state index is 12.0. The van der Waals surface area contributed by atoms with Gasteiger partial charge in [0.05, 0.1) is 4.47 Å². The number of carbonyl (C=O) groups excluding carboxylic acids is 2. The molecule has 0 spiro atoms. The summed E-state index contributed by atoms with van der Waals surface area (Å²) in [5.74, 6) is -0.506. The van der Waals surface area contributed by atoms with Gasteiger partial charge in [-0.05, 0) is 35.0 Å². The zero-order valence-corrected chi connectivity index (χ0v) is 9.75. The standard InChI is InChI=1S/C10H7BrF2O3/c1-5(15)6-2-3-8(16-10(12)13)9(11)7(6)4-14/h2-4,10H,1H3. The number of Topliss-reactive ketones (excluding diaryl/α,β-unsaturated/α-hetero) is 1. The van der Waals surface area contributed by atoms with Gasteiger partial charge in [-0.3, -0.25) is 9.59 Å². The van der Waals surface area contributed by atoms with Gasteiger partial charge in [0.15, 0.2) is 12.1 Å². The van der Waals surface area contributed by atoms with E-state index in [1.54, 1.807) is 0 Å². The molecule has 0 saturated heterocycles. The molecular weight excluding hydrogens is 286 g/mol. The number of ketones is 1. The van der Waals surface area contributed by atoms with Crippen LogP contribution < -0.4 is 4.74 Å². The largest absolute Gasteiger partial charge is 0.434 e. The minimum atomic E-state index is -2.99. The summed E-state index contributed by atoms with van der Waals surface area (Å²) in [5.41, 5.74) is 0.161. The summed E-state index contributed by atoms with van der Waals surface area (Å²) < 4.78 is 28.2. The number of carbonyl (C=O) groups is 2. The van der Waals surface area contributed by atoms with Crippen LogP contribution >= 0.6 is 15.9 Å². The van der Waals surface area contributed by atoms with Gasteiger partial charge in [-0.25, -0.2) is 0 Å². The molecule has 0 unspecified atom stereocenters. The van der Waals surface area contributed by atoms with E-state index in [1.807, 2.05) is 0 Å². The zero-order chi connectivity index (χ0) is 12.3. The SMILES string of the molecule is CC(=O)c1ccc(OC(F)F)c(Br)c1C=O. The topological polar surface area (TPSA) is 43.4 Å². The number of aldehydes is 1. The van der Waals surface area contributed by atoms with E-state index in [1.165, 1.54) is 19.1 Å². The number of halogens is 3. The summed E-state index contributed by atoms with van der Waals surface area (Å²) in [6, 6.07) is 2.48. The molecule has 0 saturated carbocycles. The molecule has 6 heteroatoms. The molecule has 0 N–H and O–H groups in total. The van der Waals surface area contributed by atoms with Crippen LogP contribution in [0.1, 0.15) is 27.6 Å². The summed E-state index contributed by atoms with van der Waals surface area (Å²) in [4.78, 5) is 21.9. The number of hydrogen-bond donors (Lipinski definition) is 0. The summed E-state index contributed by atoms with van der Waals surface area (Å²) in [6.45, 7) is -1.71. The van der Waals surface area contributed by atoms with Gasteiger partial charge in [0.1, 0.15) is 5.75 Å². The number of ether oxygens (including phenoxy) is 1. The third-order valence-corrected chi connectivity index (χ3v) is 2.68. The number of hydrogen-bond acceptors (Lipinski definition) is 3. The molecule has 0 aliphatic heterocycles. The molecule has 0 amide bonds. The highest BCUT2D eigenvalue weighted by atomic mass is 79.9. The van der Waals surface area contributed by atoms with Crippen molar-refractivity contribution in [2.75, 3.05) is 0 Å². The fourth-order valence-electron chi connectivity index (χ4n) is 1.18. The number of benzene rings is 1. The molecule has 1 aromatic carbocycles. The molecule has 0 aliphatic carbocycles. The van der Waals surface area contributed by atoms with Crippen LogP contribution in [0.3, 0.4) is 0 Å². The van der Waals surface area contributed by atoms with Crippen LogP contribution in [0.5, 0.6) is 5.75 Å². The molecule has 0 heterocycles. The Morgan fingerprint density at radius 3 is 2.56 bits per heavy atom. The summed E-state index contributed by atoms with van der Waals surface area (Å²) in [7, 11) is 0. The molecule has 1 rings (SSSR count). The van der Waals surface area contributed by atoms with Gasteiger partial charge in [-0.2, -0.15) is 8.78 Å². The van der Waals surface area contributed by atoms with Gasteiger partial charge < -0.3 is 4.74 Å². The van der Waals surface area contributed by atoms with Gasteiger partial charge in [0, 0.05) is 11.1 Å². The Morgan fingerprint density at radius 2 is 2.12 bits per heavy atom. The Bertz CT molecular complexity index is 432. The summed E-state index contributed by atoms with van der Waals surface area (Å²) in [6.07, 6.45) is 0.416. The summed E-state index contributed by atoms with van der Waals surface area (Å²) >= 11 is 2.95. The Morgan fingerprint density at radius 1 is 1.50 bits per heavy atom. The van der Waals surface area contributed by atoms with Crippen molar-refractivity contribution < 1.29 is 23.1 Å². The van der Waals surface area contributed by atoms with Gasteiger partial charge in [-0.15, -0.1) is 0 Å². The first kappa shape index (κ1) is 12.8. The van der Waals surface area contributed by atoms with E-state index in [9.17, 15) is 18.4 Å². The van der Waals surface area contributed by atoms with Crippen molar-refractivity contribution in [3.05, 3.63) is 27.7 Å². The Balaban J connectivity index is 3.28. The van der Waals surface area contributed by atoms with Crippen LogP contribution in [0.4, 0.5) is 8.78 Å². The monoisotopic (exact) mass is 292 g/mol. The lowest BCUT2D eigenvalue weighted by Gasteiger charge is -2.10. The second kappa shape index (κ2) is 5.16. The van der Waals surface area contributed by atoms with Crippen LogP contribution in [0.25, 0.3) is 0 Å². The first-order valence-corrected chi connectivity index (χ1v) is 5.00. The van der Waals surface area contributed by atoms with Crippen LogP contribution in [-0.4, -0.2) is 18.7 Å². The normalized spacial score (nSPS) is 10.3. The Labute approximate surface area is 98.5 Å². The number of rotatable bonds is 4. The lowest BCUT2D eigenvalue weighted by atomic mass is 10.1. The third kappa shape index (κ3) is 2.63. The predicted molar refractivity (Wildman–Crippen MR) is 56.2 cm³/mol. The highest BCUT2D eigenvalue weighted by molar-refractivity contribution is 9.10. The quantitative estimate of drug-likeness (QED) is 0.633. The van der Waals surface area contributed by atoms with Crippen LogP contribution in [0, 0.1) is 0 Å². The summed E-state index contributed by atoms with van der Waals surface area (Å²) in [5, 5.41) is 0. The predicted octanol–water partition coefficient (Wildman–Crippen LogP) is 3.07. The lowest BCUT2D eigenvalue weighted by Crippen LogP contribution is -2.06. The first-order chi connectivity index (χ1) is 7.47. The molecule has 86 valence electrons. The van der Waals surface area contributed by atoms with Crippen molar-refractivity contribution in [3.63, 3.8) is 0 Å². The van der Waals surface area contributed by atoms with E-state index in [-0.39, 0.29) is 27.1 Å². The van der Waals surface area contributed by atoms with E-state index < -0.39 is 6.61 Å². The molecule has 0 bridgehead atoms. The highest BCUT2D eigenvalue weighted by Gasteiger charge is 2.16. The Kier molecular flexibility index (Phi) is 4.12. The second-order valence-corrected chi connectivity index (χ2v) is 3.68. The van der Waals surface area contributed by atoms with Crippen molar-refractivity contribution in [3.8, 4) is 5.75 Å². The molecule has 0 aromatic heterocycles. The fraction of sp³-hybridized carbons (Fsp3) is 0.200. The molecule has 0 atom stereocenters. The maximum Gasteiger partial charge on any atom is 0.387 e. The van der Waals surface area contributed by atoms with Crippen molar-refractivity contribution in [1.82, 2.24) is 0 Å². The second-order valence-electron chi connectivity index (χ2n) is 2.89. The molecule has 0 aliphatic rings. The molecule has 0 fully saturated rings. The lowest BCUT2D eigenvalue weighted by molar-refractivity contribution is -0.0503. The maximum absolute atomic E-state index is 12.0. The van der Waals surface area contributed by atoms with Gasteiger partial charge in [-0.1, -0.05) is 0 Å². The first-order valence-electron chi connectivity index (χ1n) is 4.20. The van der Waals surface area contributed by atoms with Crippen LogP contribution in [0.2, 0.25) is 0 Å². The van der Waals surface area contributed by atoms with Crippen molar-refractivity contribution in [2.24, 2.45) is 0 Å². The highest BCUT2D eigenvalue weighted by Crippen LogP contribution is 2.31. The molecular formula is C10H7BrF2O3. The fourth-order valence-corrected chi connectivity index (χ4v) is 1.71. The van der Waals surface area contributed by atoms with E-state index in [0.717, 1.165) is 0 Å². The minimum Gasteiger partial charge on any atom is -0.434 e. The number of alkyl halides is 2. The van der Waals surface area contributed by atoms with Crippen molar-refractivity contribution in [2.45, 2.75) is 13.5 Å². The van der Waals surface area contributed by atoms with Crippen molar-refractivity contribution >= 4 is 28.0 Å². The van der Waals surface area contributed by atoms with Gasteiger partial charge in [0.25, 0.3) is 0 Å². The van der Waals surface area contributed by atoms with Crippen molar-refractivity contribution in [1.29, 1.82) is 0 Å². The minimum absolute atomic E-state index is 0.00523.